The molecule has 3 aromatic carbocycles. The van der Waals surface area contributed by atoms with Crippen LogP contribution in [-0.4, -0.2) is 20.5 Å². The van der Waals surface area contributed by atoms with Crippen molar-refractivity contribution in [1.29, 1.82) is 0 Å². The fourth-order valence-electron chi connectivity index (χ4n) is 5.49. The second-order valence-corrected chi connectivity index (χ2v) is 9.44. The van der Waals surface area contributed by atoms with Crippen LogP contribution in [0.3, 0.4) is 0 Å². The molecular formula is C30H29N3O2. The summed E-state index contributed by atoms with van der Waals surface area (Å²) in [6.45, 7) is 4.09. The Morgan fingerprint density at radius 3 is 1.71 bits per heavy atom. The first-order valence-electron chi connectivity index (χ1n) is 12.0. The summed E-state index contributed by atoms with van der Waals surface area (Å²) in [6.07, 6.45) is 5.00. The molecule has 0 bridgehead atoms. The zero-order valence-corrected chi connectivity index (χ0v) is 20.0. The van der Waals surface area contributed by atoms with Crippen molar-refractivity contribution in [2.75, 3.05) is 0 Å². The van der Waals surface area contributed by atoms with Crippen LogP contribution in [-0.2, 0) is 5.54 Å². The lowest BCUT2D eigenvalue weighted by molar-refractivity contribution is -0.527. The number of aromatic nitrogens is 2. The molecule has 5 heteroatoms. The van der Waals surface area contributed by atoms with E-state index in [-0.39, 0.29) is 10.8 Å². The van der Waals surface area contributed by atoms with Gasteiger partial charge in [-0.05, 0) is 37.0 Å². The van der Waals surface area contributed by atoms with Gasteiger partial charge >= 0.3 is 0 Å². The van der Waals surface area contributed by atoms with E-state index in [0.29, 0.717) is 12.8 Å². The average Bonchev–Trinajstić information content (AvgIpc) is 3.38. The third-order valence-corrected chi connectivity index (χ3v) is 7.45. The standard InChI is InChI=1S/C30H29N3O2/c1-22-18-27(29(33(34)35)19-23(22)2)28-20-32(21-31-28)30(24-12-6-3-7-13-24,25-14-8-4-9-15-25)26-16-10-5-11-17-26/h3-17,20-21,27,29H,18-19H2,1-2H3/t27-,29+/m1/s1. The molecule has 0 radical (unpaired) electrons. The van der Waals surface area contributed by atoms with Gasteiger partial charge in [-0.25, -0.2) is 4.98 Å². The molecule has 1 aliphatic rings. The van der Waals surface area contributed by atoms with E-state index in [1.54, 1.807) is 0 Å². The van der Waals surface area contributed by atoms with Crippen LogP contribution in [0.2, 0.25) is 0 Å². The van der Waals surface area contributed by atoms with Gasteiger partial charge in [-0.3, -0.25) is 10.1 Å². The van der Waals surface area contributed by atoms with Crippen molar-refractivity contribution < 1.29 is 4.92 Å². The van der Waals surface area contributed by atoms with Gasteiger partial charge in [0.1, 0.15) is 5.54 Å². The number of imidazole rings is 1. The highest BCUT2D eigenvalue weighted by Crippen LogP contribution is 2.43. The minimum absolute atomic E-state index is 0.127. The summed E-state index contributed by atoms with van der Waals surface area (Å²) in [5.74, 6) is -0.255. The van der Waals surface area contributed by atoms with E-state index < -0.39 is 11.6 Å². The first-order chi connectivity index (χ1) is 17.0. The lowest BCUT2D eigenvalue weighted by Gasteiger charge is -2.37. The predicted octanol–water partition coefficient (Wildman–Crippen LogP) is 6.58. The maximum Gasteiger partial charge on any atom is 0.225 e. The van der Waals surface area contributed by atoms with Crippen molar-refractivity contribution in [3.8, 4) is 0 Å². The number of nitro groups is 1. The molecule has 4 aromatic rings. The third kappa shape index (κ3) is 3.97. The first-order valence-corrected chi connectivity index (χ1v) is 12.0. The van der Waals surface area contributed by atoms with Crippen LogP contribution in [0.5, 0.6) is 0 Å². The van der Waals surface area contributed by atoms with E-state index in [1.807, 2.05) is 37.6 Å². The second kappa shape index (κ2) is 9.34. The highest BCUT2D eigenvalue weighted by atomic mass is 16.6. The molecule has 0 unspecified atom stereocenters. The number of allylic oxidation sites excluding steroid dienone is 1. The molecule has 1 aromatic heterocycles. The SMILES string of the molecule is CC1=C(C)C[C@H]([N+](=O)[O-])[C@@H](c2cn(C(c3ccccc3)(c3ccccc3)c3ccccc3)cn2)C1. The zero-order chi connectivity index (χ0) is 24.4. The molecule has 35 heavy (non-hydrogen) atoms. The Kier molecular flexibility index (Phi) is 6.08. The van der Waals surface area contributed by atoms with Gasteiger partial charge in [0.15, 0.2) is 0 Å². The van der Waals surface area contributed by atoms with Crippen molar-refractivity contribution in [3.05, 3.63) is 147 Å². The minimum atomic E-state index is -0.672. The van der Waals surface area contributed by atoms with E-state index in [1.165, 1.54) is 5.57 Å². The molecule has 0 aliphatic heterocycles. The molecule has 1 heterocycles. The molecule has 0 N–H and O–H groups in total. The van der Waals surface area contributed by atoms with Crippen molar-refractivity contribution in [2.45, 2.75) is 44.2 Å². The van der Waals surface area contributed by atoms with Crippen LogP contribution in [0, 0.1) is 10.1 Å². The van der Waals surface area contributed by atoms with Crippen LogP contribution in [0.15, 0.2) is 115 Å². The molecule has 0 fully saturated rings. The lowest BCUT2D eigenvalue weighted by Crippen LogP contribution is -2.37. The van der Waals surface area contributed by atoms with E-state index in [4.69, 9.17) is 4.98 Å². The van der Waals surface area contributed by atoms with Gasteiger partial charge in [-0.2, -0.15) is 0 Å². The lowest BCUT2D eigenvalue weighted by atomic mass is 9.76. The van der Waals surface area contributed by atoms with E-state index in [2.05, 4.69) is 84.3 Å². The van der Waals surface area contributed by atoms with Gasteiger partial charge in [0.25, 0.3) is 0 Å². The highest BCUT2D eigenvalue weighted by molar-refractivity contribution is 5.50. The molecule has 0 spiro atoms. The summed E-state index contributed by atoms with van der Waals surface area (Å²) >= 11 is 0. The highest BCUT2D eigenvalue weighted by Gasteiger charge is 2.41. The Bertz CT molecular complexity index is 1250. The summed E-state index contributed by atoms with van der Waals surface area (Å²) in [4.78, 5) is 16.7. The minimum Gasteiger partial charge on any atom is -0.319 e. The number of rotatable bonds is 6. The second-order valence-electron chi connectivity index (χ2n) is 9.44. The van der Waals surface area contributed by atoms with E-state index >= 15 is 0 Å². The summed E-state index contributed by atoms with van der Waals surface area (Å²) in [7, 11) is 0. The smallest absolute Gasteiger partial charge is 0.225 e. The molecule has 5 nitrogen and oxygen atoms in total. The number of hydrogen-bond donors (Lipinski definition) is 0. The predicted molar refractivity (Wildman–Crippen MR) is 138 cm³/mol. The van der Waals surface area contributed by atoms with Crippen LogP contribution >= 0.6 is 0 Å². The number of hydrogen-bond acceptors (Lipinski definition) is 3. The molecule has 0 saturated heterocycles. The van der Waals surface area contributed by atoms with Crippen molar-refractivity contribution in [1.82, 2.24) is 9.55 Å². The molecule has 0 amide bonds. The van der Waals surface area contributed by atoms with Crippen LogP contribution < -0.4 is 0 Å². The Balaban J connectivity index is 1.73. The number of benzene rings is 3. The van der Waals surface area contributed by atoms with Crippen LogP contribution in [0.1, 0.15) is 55.0 Å². The fourth-order valence-corrected chi connectivity index (χ4v) is 5.49. The quantitative estimate of drug-likeness (QED) is 0.140. The van der Waals surface area contributed by atoms with E-state index in [0.717, 1.165) is 28.0 Å². The Labute approximate surface area is 205 Å². The van der Waals surface area contributed by atoms with E-state index in [9.17, 15) is 10.1 Å². The Morgan fingerprint density at radius 1 is 0.800 bits per heavy atom. The third-order valence-electron chi connectivity index (χ3n) is 7.45. The normalized spacial score (nSPS) is 18.5. The van der Waals surface area contributed by atoms with Crippen LogP contribution in [0.25, 0.3) is 0 Å². The summed E-state index contributed by atoms with van der Waals surface area (Å²) < 4.78 is 2.14. The maximum absolute atomic E-state index is 12.0. The molecule has 1 aliphatic carbocycles. The average molecular weight is 464 g/mol. The zero-order valence-electron chi connectivity index (χ0n) is 20.0. The summed E-state index contributed by atoms with van der Waals surface area (Å²) in [5.41, 5.74) is 5.74. The monoisotopic (exact) mass is 463 g/mol. The van der Waals surface area contributed by atoms with Gasteiger partial charge < -0.3 is 4.57 Å². The Morgan fingerprint density at radius 2 is 1.26 bits per heavy atom. The molecule has 176 valence electrons. The Hall–Kier alpha value is -3.99. The largest absolute Gasteiger partial charge is 0.319 e. The van der Waals surface area contributed by atoms with Crippen LogP contribution in [0.4, 0.5) is 0 Å². The summed E-state index contributed by atoms with van der Waals surface area (Å²) in [6, 6.07) is 30.5. The fraction of sp³-hybridized carbons (Fsp3) is 0.233. The molecule has 5 rings (SSSR count). The summed E-state index contributed by atoms with van der Waals surface area (Å²) in [5, 5.41) is 12.0. The van der Waals surface area contributed by atoms with Gasteiger partial charge in [0.05, 0.1) is 17.9 Å². The maximum atomic E-state index is 12.0. The van der Waals surface area contributed by atoms with Gasteiger partial charge in [-0.1, -0.05) is 102 Å². The van der Waals surface area contributed by atoms with Crippen molar-refractivity contribution in [2.24, 2.45) is 0 Å². The van der Waals surface area contributed by atoms with Gasteiger partial charge in [0.2, 0.25) is 6.04 Å². The van der Waals surface area contributed by atoms with Crippen molar-refractivity contribution >= 4 is 0 Å². The molecule has 2 atom stereocenters. The topological polar surface area (TPSA) is 61.0 Å². The van der Waals surface area contributed by atoms with Gasteiger partial charge in [-0.15, -0.1) is 0 Å². The number of nitrogens with zero attached hydrogens (tertiary/aromatic N) is 3. The first kappa shape index (κ1) is 22.8. The van der Waals surface area contributed by atoms with Crippen molar-refractivity contribution in [3.63, 3.8) is 0 Å². The molecular weight excluding hydrogens is 434 g/mol. The van der Waals surface area contributed by atoms with Gasteiger partial charge in [0, 0.05) is 17.5 Å². The molecule has 0 saturated carbocycles.